The molecular formula is C14H19N5. The first-order valence-corrected chi connectivity index (χ1v) is 6.34. The summed E-state index contributed by atoms with van der Waals surface area (Å²) in [6, 6.07) is 2.07. The number of nitrogen functional groups attached to an aromatic ring is 1. The van der Waals surface area contributed by atoms with Gasteiger partial charge in [0, 0.05) is 17.5 Å². The highest BCUT2D eigenvalue weighted by Gasteiger charge is 2.13. The van der Waals surface area contributed by atoms with Crippen molar-refractivity contribution in [2.45, 2.75) is 34.1 Å². The van der Waals surface area contributed by atoms with E-state index in [0.29, 0.717) is 11.6 Å². The Kier molecular flexibility index (Phi) is 3.76. The van der Waals surface area contributed by atoms with Crippen LogP contribution >= 0.6 is 0 Å². The van der Waals surface area contributed by atoms with Crippen molar-refractivity contribution in [1.29, 1.82) is 0 Å². The first kappa shape index (κ1) is 13.4. The van der Waals surface area contributed by atoms with Crippen molar-refractivity contribution < 1.29 is 0 Å². The Morgan fingerprint density at radius 1 is 1.21 bits per heavy atom. The molecule has 0 bridgehead atoms. The smallest absolute Gasteiger partial charge is 0.180 e. The molecule has 0 radical (unpaired) electrons. The number of nitrogens with one attached hydrogen (secondary N) is 1. The van der Waals surface area contributed by atoms with E-state index in [9.17, 15) is 0 Å². The number of anilines is 1. The molecule has 5 heteroatoms. The molecule has 2 rings (SSSR count). The summed E-state index contributed by atoms with van der Waals surface area (Å²) in [5.74, 6) is 6.83. The van der Waals surface area contributed by atoms with Gasteiger partial charge in [-0.15, -0.1) is 0 Å². The van der Waals surface area contributed by atoms with Crippen LogP contribution in [0.4, 0.5) is 5.82 Å². The fourth-order valence-corrected chi connectivity index (χ4v) is 2.19. The van der Waals surface area contributed by atoms with Gasteiger partial charge in [0.15, 0.2) is 5.82 Å². The largest absolute Gasteiger partial charge is 0.308 e. The summed E-state index contributed by atoms with van der Waals surface area (Å²) in [5, 5.41) is 0. The van der Waals surface area contributed by atoms with Gasteiger partial charge in [0.05, 0.1) is 0 Å². The van der Waals surface area contributed by atoms with Crippen LogP contribution in [-0.4, -0.2) is 15.0 Å². The number of aromatic nitrogens is 3. The first-order valence-electron chi connectivity index (χ1n) is 6.34. The molecule has 0 saturated heterocycles. The van der Waals surface area contributed by atoms with E-state index in [0.717, 1.165) is 34.5 Å². The maximum Gasteiger partial charge on any atom is 0.180 e. The van der Waals surface area contributed by atoms with E-state index in [-0.39, 0.29) is 0 Å². The zero-order valence-electron chi connectivity index (χ0n) is 11.8. The molecule has 0 saturated carbocycles. The Bertz CT molecular complexity index is 607. The van der Waals surface area contributed by atoms with Gasteiger partial charge in [-0.3, -0.25) is 4.98 Å². The zero-order chi connectivity index (χ0) is 14.0. The summed E-state index contributed by atoms with van der Waals surface area (Å²) in [6.45, 7) is 8.05. The maximum absolute atomic E-state index is 5.54. The second-order valence-electron chi connectivity index (χ2n) is 4.64. The van der Waals surface area contributed by atoms with E-state index in [1.54, 1.807) is 0 Å². The van der Waals surface area contributed by atoms with Gasteiger partial charge in [-0.05, 0) is 38.3 Å². The standard InChI is InChI=1S/C14H19N5/c1-5-11-10(4)17-14(18-13(11)19-15)12-9(3)6-8(2)7-16-12/h6-7H,5,15H2,1-4H3,(H,17,18,19). The van der Waals surface area contributed by atoms with E-state index in [1.165, 1.54) is 0 Å². The van der Waals surface area contributed by atoms with E-state index >= 15 is 0 Å². The van der Waals surface area contributed by atoms with Crippen LogP contribution in [0.25, 0.3) is 11.5 Å². The van der Waals surface area contributed by atoms with E-state index < -0.39 is 0 Å². The summed E-state index contributed by atoms with van der Waals surface area (Å²) in [7, 11) is 0. The molecule has 0 aliphatic rings. The van der Waals surface area contributed by atoms with Crippen LogP contribution in [0.3, 0.4) is 0 Å². The molecule has 2 heterocycles. The number of hydrogen-bond acceptors (Lipinski definition) is 5. The van der Waals surface area contributed by atoms with E-state index in [4.69, 9.17) is 5.84 Å². The van der Waals surface area contributed by atoms with E-state index in [2.05, 4.69) is 33.4 Å². The molecule has 0 fully saturated rings. The van der Waals surface area contributed by atoms with Gasteiger partial charge in [0.1, 0.15) is 11.5 Å². The molecule has 2 aromatic rings. The van der Waals surface area contributed by atoms with E-state index in [1.807, 2.05) is 27.0 Å². The van der Waals surface area contributed by atoms with Crippen molar-refractivity contribution >= 4 is 5.82 Å². The summed E-state index contributed by atoms with van der Waals surface area (Å²) >= 11 is 0. The van der Waals surface area contributed by atoms with Crippen LogP contribution < -0.4 is 11.3 Å². The molecule has 0 aromatic carbocycles. The van der Waals surface area contributed by atoms with Crippen molar-refractivity contribution in [2.24, 2.45) is 5.84 Å². The van der Waals surface area contributed by atoms with Crippen molar-refractivity contribution in [3.63, 3.8) is 0 Å². The molecule has 0 amide bonds. The van der Waals surface area contributed by atoms with Crippen molar-refractivity contribution in [3.8, 4) is 11.5 Å². The third-order valence-electron chi connectivity index (χ3n) is 3.13. The van der Waals surface area contributed by atoms with Crippen LogP contribution in [0.5, 0.6) is 0 Å². The van der Waals surface area contributed by atoms with Crippen molar-refractivity contribution in [1.82, 2.24) is 15.0 Å². The predicted octanol–water partition coefficient (Wildman–Crippen LogP) is 2.31. The SMILES string of the molecule is CCc1c(C)nc(-c2ncc(C)cc2C)nc1NN. The third kappa shape index (κ3) is 2.56. The number of hydrogen-bond donors (Lipinski definition) is 2. The molecule has 0 aliphatic carbocycles. The lowest BCUT2D eigenvalue weighted by atomic mass is 10.1. The van der Waals surface area contributed by atoms with Crippen LogP contribution in [0, 0.1) is 20.8 Å². The molecule has 2 aromatic heterocycles. The minimum Gasteiger partial charge on any atom is -0.308 e. The quantitative estimate of drug-likeness (QED) is 0.651. The number of nitrogens with zero attached hydrogens (tertiary/aromatic N) is 3. The van der Waals surface area contributed by atoms with Crippen molar-refractivity contribution in [2.75, 3.05) is 5.43 Å². The fourth-order valence-electron chi connectivity index (χ4n) is 2.19. The Morgan fingerprint density at radius 3 is 2.53 bits per heavy atom. The average Bonchev–Trinajstić information content (AvgIpc) is 2.37. The van der Waals surface area contributed by atoms with Gasteiger partial charge in [-0.1, -0.05) is 13.0 Å². The Balaban J connectivity index is 2.60. The molecule has 3 N–H and O–H groups in total. The second kappa shape index (κ2) is 5.32. The lowest BCUT2D eigenvalue weighted by Gasteiger charge is -2.12. The summed E-state index contributed by atoms with van der Waals surface area (Å²) in [6.07, 6.45) is 2.66. The number of aryl methyl sites for hydroxylation is 3. The lowest BCUT2D eigenvalue weighted by Crippen LogP contribution is -2.14. The number of nitrogens with two attached hydrogens (primary N) is 1. The molecule has 100 valence electrons. The molecule has 5 nitrogen and oxygen atoms in total. The fraction of sp³-hybridized carbons (Fsp3) is 0.357. The van der Waals surface area contributed by atoms with Crippen LogP contribution in [0.2, 0.25) is 0 Å². The molecule has 19 heavy (non-hydrogen) atoms. The maximum atomic E-state index is 5.54. The number of rotatable bonds is 3. The highest BCUT2D eigenvalue weighted by atomic mass is 15.3. The zero-order valence-corrected chi connectivity index (χ0v) is 11.8. The second-order valence-corrected chi connectivity index (χ2v) is 4.64. The average molecular weight is 257 g/mol. The molecule has 0 atom stereocenters. The molecule has 0 aliphatic heterocycles. The molecule has 0 spiro atoms. The first-order chi connectivity index (χ1) is 9.06. The highest BCUT2D eigenvalue weighted by molar-refractivity contribution is 5.59. The highest BCUT2D eigenvalue weighted by Crippen LogP contribution is 2.23. The van der Waals surface area contributed by atoms with Gasteiger partial charge in [0.25, 0.3) is 0 Å². The minimum atomic E-state index is 0.611. The van der Waals surface area contributed by atoms with Crippen LogP contribution in [0.15, 0.2) is 12.3 Å². The Morgan fingerprint density at radius 2 is 1.95 bits per heavy atom. The van der Waals surface area contributed by atoms with Gasteiger partial charge in [0.2, 0.25) is 0 Å². The third-order valence-corrected chi connectivity index (χ3v) is 3.13. The van der Waals surface area contributed by atoms with Crippen LogP contribution in [0.1, 0.15) is 29.3 Å². The topological polar surface area (TPSA) is 76.7 Å². The Labute approximate surface area is 113 Å². The van der Waals surface area contributed by atoms with Gasteiger partial charge < -0.3 is 5.43 Å². The minimum absolute atomic E-state index is 0.611. The normalized spacial score (nSPS) is 10.6. The van der Waals surface area contributed by atoms with Crippen molar-refractivity contribution in [3.05, 3.63) is 34.6 Å². The molecule has 0 unspecified atom stereocenters. The summed E-state index contributed by atoms with van der Waals surface area (Å²) < 4.78 is 0. The predicted molar refractivity (Wildman–Crippen MR) is 76.7 cm³/mol. The monoisotopic (exact) mass is 257 g/mol. The molecular weight excluding hydrogens is 238 g/mol. The van der Waals surface area contributed by atoms with Gasteiger partial charge in [-0.25, -0.2) is 15.8 Å². The number of hydrazine groups is 1. The number of pyridine rings is 1. The lowest BCUT2D eigenvalue weighted by molar-refractivity contribution is 0.985. The summed E-state index contributed by atoms with van der Waals surface area (Å²) in [4.78, 5) is 13.4. The van der Waals surface area contributed by atoms with Gasteiger partial charge in [-0.2, -0.15) is 0 Å². The summed E-state index contributed by atoms with van der Waals surface area (Å²) in [5.41, 5.74) is 7.61. The Hall–Kier alpha value is -2.01. The van der Waals surface area contributed by atoms with Gasteiger partial charge >= 0.3 is 0 Å². The van der Waals surface area contributed by atoms with Crippen LogP contribution in [-0.2, 0) is 6.42 Å².